The molecule has 20 heavy (non-hydrogen) atoms. The molecule has 0 bridgehead atoms. The van der Waals surface area contributed by atoms with Crippen molar-refractivity contribution in [2.24, 2.45) is 0 Å². The number of carbonyl (C=O) groups excluding carboxylic acids is 1. The molecule has 1 N–H and O–H groups in total. The lowest BCUT2D eigenvalue weighted by atomic mass is 10.2. The van der Waals surface area contributed by atoms with Gasteiger partial charge in [-0.15, -0.1) is 0 Å². The Morgan fingerprint density at radius 3 is 2.60 bits per heavy atom. The van der Waals surface area contributed by atoms with E-state index in [1.807, 2.05) is 6.07 Å². The van der Waals surface area contributed by atoms with Gasteiger partial charge in [0.15, 0.2) is 9.84 Å². The highest BCUT2D eigenvalue weighted by atomic mass is 32.2. The van der Waals surface area contributed by atoms with Gasteiger partial charge in [-0.1, -0.05) is 6.07 Å². The van der Waals surface area contributed by atoms with Gasteiger partial charge in [-0.25, -0.2) is 13.2 Å². The van der Waals surface area contributed by atoms with Crippen LogP contribution in [0.25, 0.3) is 0 Å². The Labute approximate surface area is 120 Å². The molecule has 7 heteroatoms. The Hall–Kier alpha value is -1.63. The highest BCUT2D eigenvalue weighted by Crippen LogP contribution is 2.10. The zero-order valence-electron chi connectivity index (χ0n) is 12.2. The second-order valence-electron chi connectivity index (χ2n) is 4.91. The van der Waals surface area contributed by atoms with Gasteiger partial charge < -0.3 is 10.2 Å². The summed E-state index contributed by atoms with van der Waals surface area (Å²) in [6.07, 6.45) is 4.51. The maximum atomic E-state index is 12.0. The molecular formula is C13H21N3O3S. The van der Waals surface area contributed by atoms with Crippen molar-refractivity contribution in [1.82, 2.24) is 15.2 Å². The summed E-state index contributed by atoms with van der Waals surface area (Å²) >= 11 is 0. The van der Waals surface area contributed by atoms with Crippen molar-refractivity contribution in [1.29, 1.82) is 0 Å². The molecule has 0 unspecified atom stereocenters. The number of rotatable bonds is 5. The first-order chi connectivity index (χ1) is 9.23. The van der Waals surface area contributed by atoms with E-state index in [4.69, 9.17) is 0 Å². The van der Waals surface area contributed by atoms with E-state index in [9.17, 15) is 13.2 Å². The average molecular weight is 299 g/mol. The van der Waals surface area contributed by atoms with Crippen LogP contribution in [0.3, 0.4) is 0 Å². The average Bonchev–Trinajstić information content (AvgIpc) is 2.42. The number of nitrogens with zero attached hydrogens (tertiary/aromatic N) is 2. The molecule has 0 aliphatic rings. The highest BCUT2D eigenvalue weighted by molar-refractivity contribution is 7.91. The first kappa shape index (κ1) is 16.4. The predicted octanol–water partition coefficient (Wildman–Crippen LogP) is 1.04. The van der Waals surface area contributed by atoms with Crippen LogP contribution in [0.1, 0.15) is 19.4 Å². The van der Waals surface area contributed by atoms with Crippen LogP contribution in [0.2, 0.25) is 0 Å². The third-order valence-electron chi connectivity index (χ3n) is 3.45. The van der Waals surface area contributed by atoms with Crippen LogP contribution < -0.4 is 5.32 Å². The van der Waals surface area contributed by atoms with Crippen LogP contribution in [0, 0.1) is 0 Å². The number of amides is 2. The fraction of sp³-hybridized carbons (Fsp3) is 0.538. The van der Waals surface area contributed by atoms with Gasteiger partial charge in [-0.3, -0.25) is 4.98 Å². The minimum atomic E-state index is -3.18. The normalized spacial score (nSPS) is 14.4. The Balaban J connectivity index is 2.59. The van der Waals surface area contributed by atoms with Gasteiger partial charge in [0.2, 0.25) is 0 Å². The van der Waals surface area contributed by atoms with Crippen LogP contribution in [-0.4, -0.2) is 48.9 Å². The first-order valence-corrected chi connectivity index (χ1v) is 8.27. The molecule has 2 atom stereocenters. The van der Waals surface area contributed by atoms with Gasteiger partial charge in [-0.2, -0.15) is 0 Å². The zero-order valence-corrected chi connectivity index (χ0v) is 13.0. The SMILES string of the molecule is C[C@H]([C@H](C)S(C)(=O)=O)N(C)C(=O)NCc1cccnc1. The van der Waals surface area contributed by atoms with Crippen LogP contribution in [0.15, 0.2) is 24.5 Å². The lowest BCUT2D eigenvalue weighted by Crippen LogP contribution is -2.48. The molecule has 0 saturated heterocycles. The molecule has 0 aliphatic heterocycles. The molecule has 6 nitrogen and oxygen atoms in total. The van der Waals surface area contributed by atoms with Gasteiger partial charge in [0.25, 0.3) is 0 Å². The van der Waals surface area contributed by atoms with Gasteiger partial charge in [-0.05, 0) is 25.5 Å². The van der Waals surface area contributed by atoms with Crippen molar-refractivity contribution in [2.45, 2.75) is 31.7 Å². The Morgan fingerprint density at radius 1 is 1.45 bits per heavy atom. The van der Waals surface area contributed by atoms with Crippen molar-refractivity contribution in [3.05, 3.63) is 30.1 Å². The van der Waals surface area contributed by atoms with Crippen LogP contribution >= 0.6 is 0 Å². The minimum absolute atomic E-state index is 0.308. The summed E-state index contributed by atoms with van der Waals surface area (Å²) in [6, 6.07) is 2.94. The summed E-state index contributed by atoms with van der Waals surface area (Å²) in [6.45, 7) is 3.68. The van der Waals surface area contributed by atoms with Crippen LogP contribution in [-0.2, 0) is 16.4 Å². The molecule has 0 spiro atoms. The van der Waals surface area contributed by atoms with Crippen molar-refractivity contribution in [2.75, 3.05) is 13.3 Å². The molecule has 2 amide bonds. The van der Waals surface area contributed by atoms with Crippen molar-refractivity contribution >= 4 is 15.9 Å². The molecule has 112 valence electrons. The predicted molar refractivity (Wildman–Crippen MR) is 78.0 cm³/mol. The lowest BCUT2D eigenvalue weighted by molar-refractivity contribution is 0.193. The number of hydrogen-bond acceptors (Lipinski definition) is 4. The fourth-order valence-corrected chi connectivity index (χ4v) is 2.56. The van der Waals surface area contributed by atoms with E-state index in [-0.39, 0.29) is 6.03 Å². The molecule has 0 aromatic carbocycles. The summed E-state index contributed by atoms with van der Waals surface area (Å²) in [7, 11) is -1.59. The molecule has 1 aromatic rings. The maximum absolute atomic E-state index is 12.0. The molecule has 0 fully saturated rings. The number of carbonyl (C=O) groups is 1. The topological polar surface area (TPSA) is 79.4 Å². The zero-order chi connectivity index (χ0) is 15.3. The van der Waals surface area contributed by atoms with Crippen molar-refractivity contribution < 1.29 is 13.2 Å². The molecule has 0 aliphatic carbocycles. The Bertz CT molecular complexity index is 545. The monoisotopic (exact) mass is 299 g/mol. The largest absolute Gasteiger partial charge is 0.334 e. The van der Waals surface area contributed by atoms with Crippen molar-refractivity contribution in [3.63, 3.8) is 0 Å². The van der Waals surface area contributed by atoms with Gasteiger partial charge in [0, 0.05) is 38.3 Å². The van der Waals surface area contributed by atoms with Crippen LogP contribution in [0.4, 0.5) is 4.79 Å². The highest BCUT2D eigenvalue weighted by Gasteiger charge is 2.27. The van der Waals surface area contributed by atoms with Crippen LogP contribution in [0.5, 0.6) is 0 Å². The third-order valence-corrected chi connectivity index (χ3v) is 5.20. The Morgan fingerprint density at radius 2 is 2.10 bits per heavy atom. The summed E-state index contributed by atoms with van der Waals surface area (Å²) in [4.78, 5) is 17.4. The quantitative estimate of drug-likeness (QED) is 0.881. The van der Waals surface area contributed by atoms with Gasteiger partial charge in [0.05, 0.1) is 5.25 Å². The molecule has 1 aromatic heterocycles. The van der Waals surface area contributed by atoms with E-state index in [1.165, 1.54) is 11.2 Å². The van der Waals surface area contributed by atoms with E-state index >= 15 is 0 Å². The third kappa shape index (κ3) is 4.48. The van der Waals surface area contributed by atoms with E-state index < -0.39 is 21.1 Å². The lowest BCUT2D eigenvalue weighted by Gasteiger charge is -2.29. The second kappa shape index (κ2) is 6.69. The van der Waals surface area contributed by atoms with Crippen molar-refractivity contribution in [3.8, 4) is 0 Å². The number of aromatic nitrogens is 1. The summed E-state index contributed by atoms with van der Waals surface area (Å²) in [5.41, 5.74) is 0.887. The molecular weight excluding hydrogens is 278 g/mol. The minimum Gasteiger partial charge on any atom is -0.334 e. The summed E-state index contributed by atoms with van der Waals surface area (Å²) in [5, 5.41) is 2.12. The second-order valence-corrected chi connectivity index (χ2v) is 7.31. The number of pyridine rings is 1. The summed E-state index contributed by atoms with van der Waals surface area (Å²) in [5.74, 6) is 0. The molecule has 1 rings (SSSR count). The maximum Gasteiger partial charge on any atom is 0.317 e. The number of urea groups is 1. The van der Waals surface area contributed by atoms with E-state index in [0.29, 0.717) is 6.54 Å². The van der Waals surface area contributed by atoms with Gasteiger partial charge >= 0.3 is 6.03 Å². The van der Waals surface area contributed by atoms with E-state index in [0.717, 1.165) is 5.56 Å². The number of hydrogen-bond donors (Lipinski definition) is 1. The Kier molecular flexibility index (Phi) is 5.50. The van der Waals surface area contributed by atoms with E-state index in [2.05, 4.69) is 10.3 Å². The standard InChI is InChI=1S/C13H21N3O3S/c1-10(11(2)20(4,18)19)16(3)13(17)15-9-12-6-5-7-14-8-12/h5-8,10-11H,9H2,1-4H3,(H,15,17)/t10-,11+/m1/s1. The first-order valence-electron chi connectivity index (χ1n) is 6.32. The number of sulfone groups is 1. The number of nitrogens with one attached hydrogen (secondary N) is 1. The van der Waals surface area contributed by atoms with Gasteiger partial charge in [0.1, 0.15) is 0 Å². The fourth-order valence-electron chi connectivity index (χ4n) is 1.66. The molecule has 1 heterocycles. The molecule has 0 radical (unpaired) electrons. The smallest absolute Gasteiger partial charge is 0.317 e. The summed E-state index contributed by atoms with van der Waals surface area (Å²) < 4.78 is 23.0. The molecule has 0 saturated carbocycles. The van der Waals surface area contributed by atoms with E-state index in [1.54, 1.807) is 39.4 Å².